The molecule has 19 heavy (non-hydrogen) atoms. The second-order valence-corrected chi connectivity index (χ2v) is 5.80. The van der Waals surface area contributed by atoms with Crippen LogP contribution < -0.4 is 4.74 Å². The molecule has 0 radical (unpaired) electrons. The molecule has 0 saturated carbocycles. The van der Waals surface area contributed by atoms with Crippen molar-refractivity contribution in [3.05, 3.63) is 53.6 Å². The average molecular weight is 272 g/mol. The maximum absolute atomic E-state index is 9.23. The molecular formula is C16H16O2S. The first-order valence-electron chi connectivity index (χ1n) is 6.48. The van der Waals surface area contributed by atoms with Crippen LogP contribution in [0.3, 0.4) is 0 Å². The monoisotopic (exact) mass is 272 g/mol. The van der Waals surface area contributed by atoms with E-state index in [0.717, 1.165) is 31.0 Å². The summed E-state index contributed by atoms with van der Waals surface area (Å²) in [7, 11) is 0. The summed E-state index contributed by atoms with van der Waals surface area (Å²) in [6, 6.07) is 13.9. The number of phenols is 1. The summed E-state index contributed by atoms with van der Waals surface area (Å²) in [6.07, 6.45) is 2.09. The molecule has 0 unspecified atom stereocenters. The molecule has 3 rings (SSSR count). The summed E-state index contributed by atoms with van der Waals surface area (Å²) in [4.78, 5) is 1.20. The van der Waals surface area contributed by atoms with Gasteiger partial charge in [0.1, 0.15) is 11.5 Å². The average Bonchev–Trinajstić information content (AvgIpc) is 2.88. The van der Waals surface area contributed by atoms with E-state index in [1.54, 1.807) is 12.1 Å². The quantitative estimate of drug-likeness (QED) is 0.861. The van der Waals surface area contributed by atoms with E-state index in [1.807, 2.05) is 23.9 Å². The lowest BCUT2D eigenvalue weighted by Crippen LogP contribution is -1.90. The molecule has 1 heterocycles. The minimum Gasteiger partial charge on any atom is -0.508 e. The minimum absolute atomic E-state index is 0.322. The van der Waals surface area contributed by atoms with Crippen LogP contribution in [-0.2, 0) is 12.8 Å². The molecule has 0 spiro atoms. The highest BCUT2D eigenvalue weighted by Gasteiger charge is 2.11. The van der Waals surface area contributed by atoms with E-state index in [1.165, 1.54) is 16.0 Å². The van der Waals surface area contributed by atoms with Gasteiger partial charge in [0.15, 0.2) is 0 Å². The summed E-state index contributed by atoms with van der Waals surface area (Å²) in [5, 5.41) is 9.23. The molecule has 0 fully saturated rings. The summed E-state index contributed by atoms with van der Waals surface area (Å²) in [5.74, 6) is 2.42. The third kappa shape index (κ3) is 3.04. The number of phenolic OH excluding ortho intramolecular Hbond substituents is 1. The highest BCUT2D eigenvalue weighted by molar-refractivity contribution is 7.99. The van der Waals surface area contributed by atoms with Crippen molar-refractivity contribution in [1.82, 2.24) is 0 Å². The second-order valence-electron chi connectivity index (χ2n) is 4.63. The first-order valence-corrected chi connectivity index (χ1v) is 7.46. The molecular weight excluding hydrogens is 256 g/mol. The molecule has 0 amide bonds. The fraction of sp³-hybridized carbons (Fsp3) is 0.250. The molecule has 2 nitrogen and oxygen atoms in total. The maximum Gasteiger partial charge on any atom is 0.122 e. The topological polar surface area (TPSA) is 29.5 Å². The lowest BCUT2D eigenvalue weighted by Gasteiger charge is -2.05. The number of rotatable bonds is 4. The minimum atomic E-state index is 0.322. The lowest BCUT2D eigenvalue weighted by atomic mass is 10.1. The van der Waals surface area contributed by atoms with Crippen LogP contribution in [0.4, 0.5) is 0 Å². The molecule has 1 aliphatic rings. The van der Waals surface area contributed by atoms with Crippen LogP contribution in [-0.4, -0.2) is 17.5 Å². The normalized spacial score (nSPS) is 13.1. The summed E-state index contributed by atoms with van der Waals surface area (Å²) >= 11 is 1.81. The van der Waals surface area contributed by atoms with Gasteiger partial charge in [-0.15, -0.1) is 11.8 Å². The van der Waals surface area contributed by atoms with E-state index in [4.69, 9.17) is 4.74 Å². The maximum atomic E-state index is 9.23. The number of thioether (sulfide) groups is 1. The Kier molecular flexibility index (Phi) is 3.65. The van der Waals surface area contributed by atoms with E-state index < -0.39 is 0 Å². The third-order valence-electron chi connectivity index (χ3n) is 3.25. The Morgan fingerprint density at radius 1 is 1.11 bits per heavy atom. The van der Waals surface area contributed by atoms with Gasteiger partial charge in [0.05, 0.1) is 6.61 Å². The van der Waals surface area contributed by atoms with Crippen molar-refractivity contribution in [1.29, 1.82) is 0 Å². The fourth-order valence-electron chi connectivity index (χ4n) is 2.22. The van der Waals surface area contributed by atoms with Gasteiger partial charge in [0, 0.05) is 17.1 Å². The predicted octanol–water partition coefficient (Wildman–Crippen LogP) is 3.66. The van der Waals surface area contributed by atoms with Crippen molar-refractivity contribution in [3.8, 4) is 11.5 Å². The number of ether oxygens (including phenoxy) is 1. The van der Waals surface area contributed by atoms with Gasteiger partial charge in [-0.1, -0.05) is 12.1 Å². The van der Waals surface area contributed by atoms with Crippen LogP contribution in [0, 0.1) is 0 Å². The van der Waals surface area contributed by atoms with E-state index in [-0.39, 0.29) is 0 Å². The number of aryl methyl sites for hydroxylation is 1. The van der Waals surface area contributed by atoms with Crippen LogP contribution in [0.25, 0.3) is 0 Å². The fourth-order valence-corrected chi connectivity index (χ4v) is 3.13. The Morgan fingerprint density at radius 2 is 1.95 bits per heavy atom. The molecule has 2 aromatic rings. The number of fused-ring (bicyclic) bond motifs is 1. The van der Waals surface area contributed by atoms with Crippen molar-refractivity contribution < 1.29 is 9.84 Å². The Balaban J connectivity index is 1.56. The van der Waals surface area contributed by atoms with Crippen LogP contribution >= 0.6 is 11.8 Å². The van der Waals surface area contributed by atoms with Gasteiger partial charge < -0.3 is 9.84 Å². The zero-order valence-corrected chi connectivity index (χ0v) is 11.5. The Labute approximate surface area is 117 Å². The van der Waals surface area contributed by atoms with E-state index in [0.29, 0.717) is 5.75 Å². The van der Waals surface area contributed by atoms with Crippen LogP contribution in [0.5, 0.6) is 11.5 Å². The van der Waals surface area contributed by atoms with Crippen molar-refractivity contribution in [2.75, 3.05) is 12.4 Å². The van der Waals surface area contributed by atoms with Crippen molar-refractivity contribution in [2.24, 2.45) is 0 Å². The zero-order valence-electron chi connectivity index (χ0n) is 10.6. The number of hydrogen-bond acceptors (Lipinski definition) is 3. The van der Waals surface area contributed by atoms with E-state index in [9.17, 15) is 5.11 Å². The summed E-state index contributed by atoms with van der Waals surface area (Å²) < 4.78 is 5.51. The Bertz CT molecular complexity index is 563. The van der Waals surface area contributed by atoms with Gasteiger partial charge in [-0.05, 0) is 47.9 Å². The van der Waals surface area contributed by atoms with E-state index >= 15 is 0 Å². The molecule has 0 atom stereocenters. The molecule has 0 bridgehead atoms. The van der Waals surface area contributed by atoms with Gasteiger partial charge in [0.2, 0.25) is 0 Å². The van der Waals surface area contributed by atoms with Gasteiger partial charge in [0.25, 0.3) is 0 Å². The third-order valence-corrected chi connectivity index (χ3v) is 4.26. The Hall–Kier alpha value is -1.61. The molecule has 0 aromatic heterocycles. The van der Waals surface area contributed by atoms with Gasteiger partial charge >= 0.3 is 0 Å². The summed E-state index contributed by atoms with van der Waals surface area (Å²) in [5.41, 5.74) is 2.71. The summed E-state index contributed by atoms with van der Waals surface area (Å²) in [6.45, 7) is 0.820. The second kappa shape index (κ2) is 5.57. The van der Waals surface area contributed by atoms with Gasteiger partial charge in [-0.25, -0.2) is 0 Å². The standard InChI is InChI=1S/C16H16O2S/c17-14-2-4-15(5-3-14)19-10-8-12-1-6-16-13(11-12)7-9-18-16/h1-6,11,17H,7-10H2. The zero-order chi connectivity index (χ0) is 13.1. The number of hydrogen-bond donors (Lipinski definition) is 1. The molecule has 1 N–H and O–H groups in total. The molecule has 1 aliphatic heterocycles. The lowest BCUT2D eigenvalue weighted by molar-refractivity contribution is 0.357. The first kappa shape index (κ1) is 12.4. The number of benzene rings is 2. The van der Waals surface area contributed by atoms with Crippen molar-refractivity contribution >= 4 is 11.8 Å². The molecule has 2 aromatic carbocycles. The Morgan fingerprint density at radius 3 is 2.79 bits per heavy atom. The molecule has 0 aliphatic carbocycles. The number of aromatic hydroxyl groups is 1. The first-order chi connectivity index (χ1) is 9.31. The van der Waals surface area contributed by atoms with Crippen LogP contribution in [0.1, 0.15) is 11.1 Å². The highest BCUT2D eigenvalue weighted by Crippen LogP contribution is 2.27. The smallest absolute Gasteiger partial charge is 0.122 e. The van der Waals surface area contributed by atoms with Crippen molar-refractivity contribution in [2.45, 2.75) is 17.7 Å². The molecule has 0 saturated heterocycles. The SMILES string of the molecule is Oc1ccc(SCCc2ccc3c(c2)CCO3)cc1. The molecule has 98 valence electrons. The van der Waals surface area contributed by atoms with Gasteiger partial charge in [-0.3, -0.25) is 0 Å². The van der Waals surface area contributed by atoms with Gasteiger partial charge in [-0.2, -0.15) is 0 Å². The van der Waals surface area contributed by atoms with Crippen molar-refractivity contribution in [3.63, 3.8) is 0 Å². The highest BCUT2D eigenvalue weighted by atomic mass is 32.2. The largest absolute Gasteiger partial charge is 0.508 e. The van der Waals surface area contributed by atoms with E-state index in [2.05, 4.69) is 18.2 Å². The predicted molar refractivity (Wildman–Crippen MR) is 78.2 cm³/mol. The van der Waals surface area contributed by atoms with Crippen LogP contribution in [0.2, 0.25) is 0 Å². The van der Waals surface area contributed by atoms with Crippen LogP contribution in [0.15, 0.2) is 47.4 Å². The molecule has 3 heteroatoms.